The Morgan fingerprint density at radius 2 is 1.37 bits per heavy atom. The van der Waals surface area contributed by atoms with Gasteiger partial charge in [0, 0.05) is 5.56 Å². The van der Waals surface area contributed by atoms with Gasteiger partial charge in [0.1, 0.15) is 0 Å². The van der Waals surface area contributed by atoms with Crippen molar-refractivity contribution in [3.05, 3.63) is 35.9 Å². The number of Topliss-reactive ketones (excluding diaryl/α,β-unsaturated/α-hetero) is 1. The lowest BCUT2D eigenvalue weighted by Gasteiger charge is -2.20. The number of carbonyl (C=O) groups is 1. The first-order valence-electron chi connectivity index (χ1n) is 11.1. The molecule has 2 atom stereocenters. The van der Waals surface area contributed by atoms with Crippen LogP contribution in [-0.4, -0.2) is 16.9 Å². The van der Waals surface area contributed by atoms with E-state index in [9.17, 15) is 4.79 Å². The summed E-state index contributed by atoms with van der Waals surface area (Å²) in [5, 5.41) is -0.542. The molecule has 0 bridgehead atoms. The Morgan fingerprint density at radius 3 is 1.93 bits per heavy atom. The molecule has 0 amide bonds. The Hall–Kier alpha value is -0.670. The molecule has 0 aliphatic carbocycles. The number of hydrogen-bond acceptors (Lipinski definition) is 2. The van der Waals surface area contributed by atoms with Crippen LogP contribution in [0.1, 0.15) is 108 Å². The number of unbranched alkanes of at least 4 members (excludes halogenated alkanes) is 9. The monoisotopic (exact) mass is 438 g/mol. The van der Waals surface area contributed by atoms with Gasteiger partial charge in [-0.1, -0.05) is 115 Å². The van der Waals surface area contributed by atoms with Gasteiger partial charge in [-0.15, -0.1) is 0 Å². The number of ketones is 1. The maximum Gasteiger partial charge on any atom is 0.202 e. The Labute approximate surface area is 175 Å². The fourth-order valence-electron chi connectivity index (χ4n) is 3.43. The Kier molecular flexibility index (Phi) is 14.7. The van der Waals surface area contributed by atoms with E-state index < -0.39 is 5.01 Å². The van der Waals surface area contributed by atoms with Crippen molar-refractivity contribution in [1.29, 1.82) is 0 Å². The number of ether oxygens (including phenoxy) is 1. The van der Waals surface area contributed by atoms with Gasteiger partial charge in [-0.05, 0) is 28.8 Å². The fourth-order valence-corrected chi connectivity index (χ4v) is 4.00. The highest BCUT2D eigenvalue weighted by atomic mass is 79.9. The molecule has 27 heavy (non-hydrogen) atoms. The van der Waals surface area contributed by atoms with E-state index in [0.29, 0.717) is 5.56 Å². The molecule has 0 saturated carbocycles. The van der Waals surface area contributed by atoms with Crippen LogP contribution in [0.15, 0.2) is 30.3 Å². The number of alkyl halides is 1. The molecule has 154 valence electrons. The van der Waals surface area contributed by atoms with E-state index in [4.69, 9.17) is 4.74 Å². The predicted molar refractivity (Wildman–Crippen MR) is 120 cm³/mol. The number of halogens is 1. The quantitative estimate of drug-likeness (QED) is 0.139. The van der Waals surface area contributed by atoms with Crippen LogP contribution < -0.4 is 0 Å². The minimum absolute atomic E-state index is 0.0137. The van der Waals surface area contributed by atoms with Crippen molar-refractivity contribution in [2.45, 2.75) is 108 Å². The maximum atomic E-state index is 12.5. The number of hydrogen-bond donors (Lipinski definition) is 0. The van der Waals surface area contributed by atoms with E-state index in [1.54, 1.807) is 0 Å². The average molecular weight is 439 g/mol. The Morgan fingerprint density at radius 1 is 0.815 bits per heavy atom. The normalized spacial score (nSPS) is 13.4. The zero-order valence-corrected chi connectivity index (χ0v) is 19.0. The van der Waals surface area contributed by atoms with E-state index in [1.807, 2.05) is 30.3 Å². The molecule has 2 nitrogen and oxygen atoms in total. The van der Waals surface area contributed by atoms with Crippen molar-refractivity contribution in [3.63, 3.8) is 0 Å². The van der Waals surface area contributed by atoms with Crippen molar-refractivity contribution < 1.29 is 9.53 Å². The summed E-state index contributed by atoms with van der Waals surface area (Å²) in [4.78, 5) is 12.5. The molecule has 0 spiro atoms. The van der Waals surface area contributed by atoms with Crippen LogP contribution in [0.4, 0.5) is 0 Å². The summed E-state index contributed by atoms with van der Waals surface area (Å²) in [7, 11) is 0. The summed E-state index contributed by atoms with van der Waals surface area (Å²) in [6.07, 6.45) is 16.8. The molecule has 0 aliphatic heterocycles. The fraction of sp³-hybridized carbons (Fsp3) is 0.708. The first-order chi connectivity index (χ1) is 13.2. The molecule has 1 rings (SSSR count). The lowest BCUT2D eigenvalue weighted by atomic mass is 10.0. The topological polar surface area (TPSA) is 26.3 Å². The number of carbonyl (C=O) groups excluding carboxylic acids is 1. The van der Waals surface area contributed by atoms with Gasteiger partial charge in [-0.3, -0.25) is 4.79 Å². The highest BCUT2D eigenvalue weighted by Gasteiger charge is 2.21. The second-order valence-corrected chi connectivity index (χ2v) is 8.40. The van der Waals surface area contributed by atoms with E-state index in [0.717, 1.165) is 19.3 Å². The van der Waals surface area contributed by atoms with Gasteiger partial charge in [0.15, 0.2) is 5.01 Å². The van der Waals surface area contributed by atoms with Crippen molar-refractivity contribution in [2.24, 2.45) is 0 Å². The molecule has 0 aromatic heterocycles. The van der Waals surface area contributed by atoms with E-state index in [2.05, 4.69) is 29.8 Å². The molecular weight excluding hydrogens is 400 g/mol. The second kappa shape index (κ2) is 16.3. The zero-order valence-electron chi connectivity index (χ0n) is 17.4. The highest BCUT2D eigenvalue weighted by Crippen LogP contribution is 2.20. The summed E-state index contributed by atoms with van der Waals surface area (Å²) in [5.74, 6) is 0.0137. The summed E-state index contributed by atoms with van der Waals surface area (Å²) in [6, 6.07) is 9.39. The van der Waals surface area contributed by atoms with Crippen molar-refractivity contribution in [1.82, 2.24) is 0 Å². The highest BCUT2D eigenvalue weighted by molar-refractivity contribution is 9.09. The molecule has 0 N–H and O–H groups in total. The Balaban J connectivity index is 2.19. The summed E-state index contributed by atoms with van der Waals surface area (Å²) in [6.45, 7) is 4.45. The number of rotatable bonds is 17. The lowest BCUT2D eigenvalue weighted by molar-refractivity contribution is 0.0252. The molecule has 3 heteroatoms. The van der Waals surface area contributed by atoms with Crippen molar-refractivity contribution in [2.75, 3.05) is 0 Å². The number of benzene rings is 1. The van der Waals surface area contributed by atoms with E-state index in [1.165, 1.54) is 64.2 Å². The van der Waals surface area contributed by atoms with Gasteiger partial charge < -0.3 is 4.74 Å². The zero-order chi connectivity index (χ0) is 19.7. The molecule has 1 aromatic carbocycles. The van der Waals surface area contributed by atoms with Crippen LogP contribution in [0, 0.1) is 0 Å². The second-order valence-electron chi connectivity index (χ2n) is 7.56. The van der Waals surface area contributed by atoms with Crippen LogP contribution in [-0.2, 0) is 4.74 Å². The molecule has 1 aromatic rings. The standard InChI is InChI=1S/C24H39BrO2/c1-3-5-6-7-8-9-10-11-12-16-20-22(17-4-2)27-24(25)23(26)21-18-14-13-15-19-21/h13-15,18-19,22,24H,3-12,16-17,20H2,1-2H3. The van der Waals surface area contributed by atoms with Crippen molar-refractivity contribution in [3.8, 4) is 0 Å². The van der Waals surface area contributed by atoms with Crippen LogP contribution >= 0.6 is 15.9 Å². The maximum absolute atomic E-state index is 12.5. The molecule has 2 unspecified atom stereocenters. The first-order valence-corrected chi connectivity index (χ1v) is 12.0. The third kappa shape index (κ3) is 11.7. The van der Waals surface area contributed by atoms with Gasteiger partial charge >= 0.3 is 0 Å². The summed E-state index contributed by atoms with van der Waals surface area (Å²) < 4.78 is 6.06. The third-order valence-corrected chi connectivity index (χ3v) is 5.70. The van der Waals surface area contributed by atoms with Gasteiger partial charge in [-0.25, -0.2) is 0 Å². The van der Waals surface area contributed by atoms with E-state index >= 15 is 0 Å². The third-order valence-electron chi connectivity index (χ3n) is 5.07. The molecule has 0 aliphatic rings. The van der Waals surface area contributed by atoms with Crippen LogP contribution in [0.2, 0.25) is 0 Å². The van der Waals surface area contributed by atoms with Gasteiger partial charge in [0.25, 0.3) is 0 Å². The predicted octanol–water partition coefficient (Wildman–Crippen LogP) is 8.09. The summed E-state index contributed by atoms with van der Waals surface area (Å²) >= 11 is 3.45. The van der Waals surface area contributed by atoms with Gasteiger partial charge in [0.05, 0.1) is 6.10 Å². The molecule has 0 heterocycles. The Bertz CT molecular complexity index is 475. The van der Waals surface area contributed by atoms with Crippen LogP contribution in [0.25, 0.3) is 0 Å². The summed E-state index contributed by atoms with van der Waals surface area (Å²) in [5.41, 5.74) is 0.702. The van der Waals surface area contributed by atoms with E-state index in [-0.39, 0.29) is 11.9 Å². The molecule has 0 fully saturated rings. The van der Waals surface area contributed by atoms with Gasteiger partial charge in [0.2, 0.25) is 5.78 Å². The molecular formula is C24H39BrO2. The van der Waals surface area contributed by atoms with Crippen LogP contribution in [0.3, 0.4) is 0 Å². The molecule has 0 radical (unpaired) electrons. The smallest absolute Gasteiger partial charge is 0.202 e. The SMILES string of the molecule is CCCCCCCCCCCCC(CCC)OC(Br)C(=O)c1ccccc1. The first kappa shape index (κ1) is 24.4. The largest absolute Gasteiger partial charge is 0.355 e. The lowest BCUT2D eigenvalue weighted by Crippen LogP contribution is -2.25. The minimum Gasteiger partial charge on any atom is -0.355 e. The minimum atomic E-state index is -0.542. The molecule has 0 saturated heterocycles. The van der Waals surface area contributed by atoms with Crippen LogP contribution in [0.5, 0.6) is 0 Å². The van der Waals surface area contributed by atoms with Crippen molar-refractivity contribution >= 4 is 21.7 Å². The van der Waals surface area contributed by atoms with Gasteiger partial charge in [-0.2, -0.15) is 0 Å². The average Bonchev–Trinajstić information content (AvgIpc) is 2.69.